The summed E-state index contributed by atoms with van der Waals surface area (Å²) in [5, 5.41) is 0. The molecule has 14 heteroatoms. The fourth-order valence-corrected chi connectivity index (χ4v) is 17.5. The van der Waals surface area contributed by atoms with Crippen LogP contribution in [0.5, 0.6) is 0 Å². The van der Waals surface area contributed by atoms with Gasteiger partial charge in [0.1, 0.15) is 0 Å². The second kappa shape index (κ2) is 42.6. The lowest BCUT2D eigenvalue weighted by Crippen LogP contribution is -2.60. The number of nitrogens with zero attached hydrogens (tertiary/aromatic N) is 14. The molecule has 0 radical (unpaired) electrons. The van der Waals surface area contributed by atoms with Crippen LogP contribution >= 0.6 is 0 Å². The maximum Gasteiger partial charge on any atom is 0.0242 e. The van der Waals surface area contributed by atoms with E-state index >= 15 is 0 Å². The Morgan fingerprint density at radius 3 is 0.570 bits per heavy atom. The van der Waals surface area contributed by atoms with Gasteiger partial charge >= 0.3 is 0 Å². The van der Waals surface area contributed by atoms with E-state index < -0.39 is 0 Å². The largest absolute Gasteiger partial charge is 0.298 e. The van der Waals surface area contributed by atoms with Crippen molar-refractivity contribution < 1.29 is 0 Å². The molecule has 0 aromatic rings. The molecule has 556 valence electrons. The molecule has 8 rings (SSSR count). The highest BCUT2D eigenvalue weighted by Crippen LogP contribution is 2.33. The van der Waals surface area contributed by atoms with Gasteiger partial charge in [0.15, 0.2) is 0 Å². The third-order valence-electron chi connectivity index (χ3n) is 23.0. The summed E-state index contributed by atoms with van der Waals surface area (Å²) in [6.45, 7) is 105. The van der Waals surface area contributed by atoms with E-state index in [0.29, 0.717) is 96.7 Å². The Balaban J connectivity index is 0.000000370. The van der Waals surface area contributed by atoms with E-state index in [-0.39, 0.29) is 0 Å². The van der Waals surface area contributed by atoms with Crippen LogP contribution in [0.15, 0.2) is 0 Å². The maximum absolute atomic E-state index is 2.67. The molecule has 8 aliphatic heterocycles. The fraction of sp³-hybridized carbons (Fsp3) is 1.00. The lowest BCUT2D eigenvalue weighted by atomic mass is 10.0. The number of hydrogen-bond donors (Lipinski definition) is 0. The predicted octanol–water partition coefficient (Wildman–Crippen LogP) is 13.2. The number of rotatable bonds is 14. The van der Waals surface area contributed by atoms with Gasteiger partial charge in [-0.3, -0.25) is 68.6 Å². The second-order valence-corrected chi connectivity index (χ2v) is 34.6. The molecule has 0 amide bonds. The van der Waals surface area contributed by atoms with Crippen molar-refractivity contribution in [3.05, 3.63) is 0 Å². The summed E-state index contributed by atoms with van der Waals surface area (Å²) in [7, 11) is 0. The molecule has 10 atom stereocenters. The number of fused-ring (bicyclic) bond motifs is 2. The second-order valence-electron chi connectivity index (χ2n) is 34.6. The summed E-state index contributed by atoms with van der Waals surface area (Å²) < 4.78 is 0. The molecule has 2 bridgehead atoms. The van der Waals surface area contributed by atoms with Crippen LogP contribution in [-0.2, 0) is 0 Å². The van der Waals surface area contributed by atoms with Crippen LogP contribution in [0, 0.1) is 0 Å². The smallest absolute Gasteiger partial charge is 0.0242 e. The highest BCUT2D eigenvalue weighted by molar-refractivity contribution is 5.01. The SMILES string of the molecule is CC(C)N1CC(C)N(C(C)C)C(C)C1.CC(C)N1CC(C)N(C(C)C)C(C)C1.CC(C)N1CC2CC1CN2C(C)C.CC(C)N1CCN(C(C)C)C(C)C1.CC(C)N1CCN(C(C)C)C(C)C1.CC(C)N1CCN(C(C)C)C(C)C1C.CC(C)N1CCN(C(C)C)CC1. The summed E-state index contributed by atoms with van der Waals surface area (Å²) in [6, 6.07) is 17.1. The lowest BCUT2D eigenvalue weighted by Gasteiger charge is -2.48. The topological polar surface area (TPSA) is 45.4 Å². The van der Waals surface area contributed by atoms with Gasteiger partial charge in [0, 0.05) is 263 Å². The highest BCUT2D eigenvalue weighted by atomic mass is 15.4. The van der Waals surface area contributed by atoms with Gasteiger partial charge in [-0.25, -0.2) is 0 Å². The Kier molecular flexibility index (Phi) is 40.6. The van der Waals surface area contributed by atoms with Crippen molar-refractivity contribution in [1.29, 1.82) is 0 Å². The van der Waals surface area contributed by atoms with E-state index in [0.717, 1.165) is 48.3 Å². The number of likely N-dealkylation sites (tertiary alicyclic amines) is 2. The first-order chi connectivity index (χ1) is 43.0. The van der Waals surface area contributed by atoms with E-state index in [1.54, 1.807) is 0 Å². The van der Waals surface area contributed by atoms with Gasteiger partial charge in [-0.2, -0.15) is 0 Å². The Hall–Kier alpha value is -0.560. The van der Waals surface area contributed by atoms with Crippen LogP contribution in [0.3, 0.4) is 0 Å². The molecule has 8 saturated heterocycles. The van der Waals surface area contributed by atoms with Crippen molar-refractivity contribution in [3.63, 3.8) is 0 Å². The monoisotopic (exact) mass is 1320 g/mol. The third kappa shape index (κ3) is 28.4. The van der Waals surface area contributed by atoms with Crippen molar-refractivity contribution in [2.45, 2.75) is 401 Å². The minimum absolute atomic E-state index is 0.675. The van der Waals surface area contributed by atoms with Crippen LogP contribution < -0.4 is 0 Å². The Morgan fingerprint density at radius 1 is 0.183 bits per heavy atom. The molecule has 0 saturated carbocycles. The minimum atomic E-state index is 0.675. The zero-order chi connectivity index (χ0) is 71.4. The van der Waals surface area contributed by atoms with Gasteiger partial charge in [-0.15, -0.1) is 0 Å². The van der Waals surface area contributed by atoms with E-state index in [4.69, 9.17) is 0 Å². The minimum Gasteiger partial charge on any atom is -0.298 e. The Labute approximate surface area is 584 Å². The molecule has 0 aromatic carbocycles. The van der Waals surface area contributed by atoms with Gasteiger partial charge in [-0.1, -0.05) is 0 Å². The van der Waals surface area contributed by atoms with Gasteiger partial charge < -0.3 is 0 Å². The summed E-state index contributed by atoms with van der Waals surface area (Å²) in [5.41, 5.74) is 0. The summed E-state index contributed by atoms with van der Waals surface area (Å²) >= 11 is 0. The molecule has 8 heterocycles. The fourth-order valence-electron chi connectivity index (χ4n) is 17.5. The third-order valence-corrected chi connectivity index (χ3v) is 23.0. The first kappa shape index (κ1) is 88.5. The zero-order valence-electron chi connectivity index (χ0n) is 69.6. The van der Waals surface area contributed by atoms with Crippen molar-refractivity contribution >= 4 is 0 Å². The van der Waals surface area contributed by atoms with E-state index in [9.17, 15) is 0 Å². The molecule has 93 heavy (non-hydrogen) atoms. The summed E-state index contributed by atoms with van der Waals surface area (Å²) in [6.07, 6.45) is 1.41. The Morgan fingerprint density at radius 2 is 0.387 bits per heavy atom. The number of piperazine rings is 7. The van der Waals surface area contributed by atoms with E-state index in [1.165, 1.54) is 124 Å². The van der Waals surface area contributed by atoms with Crippen molar-refractivity contribution in [2.24, 2.45) is 0 Å². The van der Waals surface area contributed by atoms with Crippen LogP contribution in [0.1, 0.15) is 256 Å². The van der Waals surface area contributed by atoms with Crippen molar-refractivity contribution in [3.8, 4) is 0 Å². The number of hydrogen-bond acceptors (Lipinski definition) is 14. The standard InChI is InChI=1S/3C12H26N2.C11H22N2.2C11H24N2.C10H22N2/c2*1-9(2)13-7-11(5)14(10(3)4)12(6)8-13;1-9(2)13-7-8-14(10(3)4)12(6)11(13)5;1-8(2)12-6-11-5-10(12)7-13(11)9(3)4;2*1-9(2)12-6-7-13(10(3)4)11(5)8-12;1-9(2)11-5-7-12(8-6-11)10(3)4/h3*9-12H,7-8H2,1-6H3;8-11H,5-7H2,1-4H3;2*9-11H,6-8H2,1-5H3;9-10H,5-8H2,1-4H3. The van der Waals surface area contributed by atoms with Crippen LogP contribution in [-0.4, -0.2) is 331 Å². The van der Waals surface area contributed by atoms with E-state index in [1.807, 2.05) is 0 Å². The average molecular weight is 1320 g/mol. The maximum atomic E-state index is 2.67. The van der Waals surface area contributed by atoms with Crippen molar-refractivity contribution in [1.82, 2.24) is 68.6 Å². The molecule has 0 aliphatic carbocycles. The van der Waals surface area contributed by atoms with Crippen LogP contribution in [0.25, 0.3) is 0 Å². The molecule has 0 N–H and O–H groups in total. The molecule has 10 unspecified atom stereocenters. The molecule has 14 nitrogen and oxygen atoms in total. The average Bonchev–Trinajstić information content (AvgIpc) is 1.67. The highest BCUT2D eigenvalue weighted by Gasteiger charge is 2.45. The molecule has 0 aromatic heterocycles. The van der Waals surface area contributed by atoms with Crippen LogP contribution in [0.4, 0.5) is 0 Å². The first-order valence-electron chi connectivity index (χ1n) is 39.6. The Bertz CT molecular complexity index is 1730. The lowest BCUT2D eigenvalue weighted by molar-refractivity contribution is 0.00129. The van der Waals surface area contributed by atoms with Gasteiger partial charge in [0.2, 0.25) is 0 Å². The van der Waals surface area contributed by atoms with Gasteiger partial charge in [-0.05, 0) is 256 Å². The van der Waals surface area contributed by atoms with E-state index in [2.05, 4.69) is 318 Å². The zero-order valence-corrected chi connectivity index (χ0v) is 69.6. The summed E-state index contributed by atoms with van der Waals surface area (Å²) in [4.78, 5) is 36.5. The van der Waals surface area contributed by atoms with Crippen molar-refractivity contribution in [2.75, 3.05) is 118 Å². The van der Waals surface area contributed by atoms with Crippen LogP contribution in [0.2, 0.25) is 0 Å². The molecule has 8 aliphatic rings. The molecule has 8 fully saturated rings. The molecular weight excluding hydrogens is 1140 g/mol. The summed E-state index contributed by atoms with van der Waals surface area (Å²) in [5.74, 6) is 0. The normalized spacial score (nSPS) is 29.9. The van der Waals surface area contributed by atoms with Gasteiger partial charge in [0.05, 0.1) is 0 Å². The quantitative estimate of drug-likeness (QED) is 0.166. The first-order valence-corrected chi connectivity index (χ1v) is 39.6. The molecular formula is C79H170N14. The molecule has 0 spiro atoms. The van der Waals surface area contributed by atoms with Gasteiger partial charge in [0.25, 0.3) is 0 Å². The predicted molar refractivity (Wildman–Crippen MR) is 413 cm³/mol.